The molecule has 4 heterocycles. The van der Waals surface area contributed by atoms with Gasteiger partial charge in [-0.15, -0.1) is 11.3 Å². The minimum absolute atomic E-state index is 0.151. The highest BCUT2D eigenvalue weighted by molar-refractivity contribution is 7.19. The van der Waals surface area contributed by atoms with Gasteiger partial charge in [0.2, 0.25) is 5.91 Å². The zero-order valence-electron chi connectivity index (χ0n) is 17.6. The van der Waals surface area contributed by atoms with E-state index in [0.29, 0.717) is 10.8 Å². The van der Waals surface area contributed by atoms with Crippen molar-refractivity contribution in [2.75, 3.05) is 18.4 Å². The van der Waals surface area contributed by atoms with Gasteiger partial charge in [-0.25, -0.2) is 9.97 Å². The molecule has 1 aliphatic rings. The lowest BCUT2D eigenvalue weighted by Gasteiger charge is -2.09. The molecular formula is C23H23ClN6OS. The van der Waals surface area contributed by atoms with E-state index in [0.717, 1.165) is 38.7 Å². The van der Waals surface area contributed by atoms with Gasteiger partial charge in [-0.2, -0.15) is 5.10 Å². The molecule has 0 radical (unpaired) electrons. The quantitative estimate of drug-likeness (QED) is 0.393. The third kappa shape index (κ3) is 5.79. The Kier molecular flexibility index (Phi) is 7.26. The molecule has 1 aromatic carbocycles. The van der Waals surface area contributed by atoms with Crippen molar-refractivity contribution in [3.05, 3.63) is 71.1 Å². The van der Waals surface area contributed by atoms with E-state index >= 15 is 0 Å². The van der Waals surface area contributed by atoms with Gasteiger partial charge in [-0.1, -0.05) is 23.7 Å². The number of carbonyl (C=O) groups excluding carboxylic acids is 1. The Morgan fingerprint density at radius 1 is 1.16 bits per heavy atom. The summed E-state index contributed by atoms with van der Waals surface area (Å²) in [5, 5.41) is 13.5. The third-order valence-electron chi connectivity index (χ3n) is 4.80. The molecule has 1 aliphatic heterocycles. The number of hydrogen-bond donors (Lipinski definition) is 3. The van der Waals surface area contributed by atoms with Crippen LogP contribution in [0.2, 0.25) is 5.02 Å². The minimum atomic E-state index is -0.151. The molecule has 1 saturated heterocycles. The van der Waals surface area contributed by atoms with Gasteiger partial charge >= 0.3 is 0 Å². The number of anilines is 1. The predicted octanol–water partition coefficient (Wildman–Crippen LogP) is 4.78. The molecule has 0 bridgehead atoms. The number of benzene rings is 1. The summed E-state index contributed by atoms with van der Waals surface area (Å²) < 4.78 is 0. The predicted molar refractivity (Wildman–Crippen MR) is 129 cm³/mol. The van der Waals surface area contributed by atoms with Crippen LogP contribution < -0.4 is 10.6 Å². The van der Waals surface area contributed by atoms with Crippen molar-refractivity contribution < 1.29 is 4.79 Å². The van der Waals surface area contributed by atoms with Gasteiger partial charge in [0.25, 0.3) is 0 Å². The number of amides is 1. The molecule has 3 N–H and O–H groups in total. The largest absolute Gasteiger partial charge is 0.317 e. The average Bonchev–Trinajstić information content (AvgIpc) is 3.38. The van der Waals surface area contributed by atoms with Crippen LogP contribution in [0.1, 0.15) is 24.5 Å². The van der Waals surface area contributed by atoms with Crippen molar-refractivity contribution in [3.8, 4) is 21.1 Å². The molecule has 1 fully saturated rings. The van der Waals surface area contributed by atoms with E-state index in [2.05, 4.69) is 36.9 Å². The summed E-state index contributed by atoms with van der Waals surface area (Å²) in [6.07, 6.45) is 5.32. The normalized spacial score (nSPS) is 12.4. The Balaban J connectivity index is 0.000000552. The molecule has 0 aliphatic carbocycles. The van der Waals surface area contributed by atoms with Crippen LogP contribution >= 0.6 is 22.9 Å². The van der Waals surface area contributed by atoms with Gasteiger partial charge in [0.05, 0.1) is 4.88 Å². The lowest BCUT2D eigenvalue weighted by Crippen LogP contribution is -2.29. The second-order valence-electron chi connectivity index (χ2n) is 7.32. The average molecular weight is 467 g/mol. The van der Waals surface area contributed by atoms with Crippen LogP contribution in [0.15, 0.2) is 55.0 Å². The van der Waals surface area contributed by atoms with Crippen LogP contribution in [0.25, 0.3) is 21.1 Å². The van der Waals surface area contributed by atoms with Crippen LogP contribution in [0.5, 0.6) is 0 Å². The summed E-state index contributed by atoms with van der Waals surface area (Å²) in [5.74, 6) is 1.11. The number of pyridine rings is 1. The van der Waals surface area contributed by atoms with Crippen molar-refractivity contribution >= 4 is 34.7 Å². The van der Waals surface area contributed by atoms with Crippen LogP contribution in [0.4, 0.5) is 5.82 Å². The van der Waals surface area contributed by atoms with Gasteiger partial charge < -0.3 is 10.6 Å². The van der Waals surface area contributed by atoms with Crippen molar-refractivity contribution in [2.45, 2.75) is 19.8 Å². The first-order chi connectivity index (χ1) is 15.6. The maximum absolute atomic E-state index is 11.3. The maximum Gasteiger partial charge on any atom is 0.222 e. The molecule has 0 atom stereocenters. The molecular weight excluding hydrogens is 444 g/mol. The van der Waals surface area contributed by atoms with Crippen molar-refractivity contribution in [1.82, 2.24) is 25.5 Å². The highest BCUT2D eigenvalue weighted by atomic mass is 35.5. The van der Waals surface area contributed by atoms with E-state index in [1.165, 1.54) is 32.8 Å². The summed E-state index contributed by atoms with van der Waals surface area (Å²) in [4.78, 5) is 21.9. The van der Waals surface area contributed by atoms with Crippen LogP contribution in [-0.2, 0) is 11.2 Å². The third-order valence-corrected chi connectivity index (χ3v) is 6.29. The Hall–Kier alpha value is -3.07. The van der Waals surface area contributed by atoms with Crippen molar-refractivity contribution in [3.63, 3.8) is 0 Å². The van der Waals surface area contributed by atoms with Crippen LogP contribution in [0.3, 0.4) is 0 Å². The van der Waals surface area contributed by atoms with Crippen LogP contribution in [0, 0.1) is 0 Å². The number of carbonyl (C=O) groups is 1. The van der Waals surface area contributed by atoms with Crippen LogP contribution in [-0.4, -0.2) is 39.2 Å². The number of halogens is 1. The Morgan fingerprint density at radius 2 is 1.91 bits per heavy atom. The fourth-order valence-corrected chi connectivity index (χ4v) is 4.30. The number of thiophene rings is 1. The van der Waals surface area contributed by atoms with E-state index in [1.54, 1.807) is 17.5 Å². The topological polar surface area (TPSA) is 95.6 Å². The zero-order valence-corrected chi connectivity index (χ0v) is 19.1. The summed E-state index contributed by atoms with van der Waals surface area (Å²) >= 11 is 7.63. The second kappa shape index (κ2) is 10.5. The number of aromatic nitrogens is 4. The SMILES string of the molecule is C1CNC1.CC(=O)Nc1cc(-c2cc(Cc3ccc(Cl)cc3)c(-c3ncn[nH]3)s2)ccn1. The fourth-order valence-electron chi connectivity index (χ4n) is 3.05. The number of nitrogens with one attached hydrogen (secondary N) is 3. The highest BCUT2D eigenvalue weighted by Gasteiger charge is 2.16. The molecule has 1 amide bonds. The first-order valence-electron chi connectivity index (χ1n) is 10.3. The van der Waals surface area contributed by atoms with E-state index in [4.69, 9.17) is 11.6 Å². The van der Waals surface area contributed by atoms with E-state index in [9.17, 15) is 4.79 Å². The Labute approximate surface area is 195 Å². The number of hydrogen-bond acceptors (Lipinski definition) is 6. The second-order valence-corrected chi connectivity index (χ2v) is 8.81. The summed E-state index contributed by atoms with van der Waals surface area (Å²) in [6, 6.07) is 13.7. The number of rotatable bonds is 5. The van der Waals surface area contributed by atoms with Crippen molar-refractivity contribution in [2.24, 2.45) is 0 Å². The zero-order chi connectivity index (χ0) is 22.3. The number of nitrogens with zero attached hydrogens (tertiary/aromatic N) is 3. The van der Waals surface area contributed by atoms with Gasteiger partial charge in [-0.05, 0) is 73.0 Å². The summed E-state index contributed by atoms with van der Waals surface area (Å²) in [7, 11) is 0. The Morgan fingerprint density at radius 3 is 2.53 bits per heavy atom. The lowest BCUT2D eigenvalue weighted by molar-refractivity contribution is -0.114. The standard InChI is InChI=1S/C20H16ClN5OS.C3H7N/c1-12(27)25-18-10-14(6-7-22-18)17-9-15(8-13-2-4-16(21)5-3-13)19(28-17)20-23-11-24-26-20;1-2-4-3-1/h2-7,9-11H,8H2,1H3,(H,22,25,27)(H,23,24,26);4H,1-3H2. The van der Waals surface area contributed by atoms with Gasteiger partial charge in [-0.3, -0.25) is 9.89 Å². The molecule has 164 valence electrons. The number of H-pyrrole nitrogens is 1. The van der Waals surface area contributed by atoms with E-state index < -0.39 is 0 Å². The first-order valence-corrected chi connectivity index (χ1v) is 11.5. The van der Waals surface area contributed by atoms with Gasteiger partial charge in [0, 0.05) is 23.0 Å². The molecule has 3 aromatic heterocycles. The molecule has 32 heavy (non-hydrogen) atoms. The van der Waals surface area contributed by atoms with E-state index in [-0.39, 0.29) is 5.91 Å². The minimum Gasteiger partial charge on any atom is -0.317 e. The molecule has 0 saturated carbocycles. The monoisotopic (exact) mass is 466 g/mol. The summed E-state index contributed by atoms with van der Waals surface area (Å²) in [5.41, 5.74) is 3.27. The molecule has 7 nitrogen and oxygen atoms in total. The van der Waals surface area contributed by atoms with Gasteiger partial charge in [0.15, 0.2) is 5.82 Å². The molecule has 4 aromatic rings. The van der Waals surface area contributed by atoms with E-state index in [1.807, 2.05) is 36.4 Å². The molecule has 5 rings (SSSR count). The molecule has 0 unspecified atom stereocenters. The smallest absolute Gasteiger partial charge is 0.222 e. The van der Waals surface area contributed by atoms with Crippen molar-refractivity contribution in [1.29, 1.82) is 0 Å². The van der Waals surface area contributed by atoms with Gasteiger partial charge in [0.1, 0.15) is 12.1 Å². The fraction of sp³-hybridized carbons (Fsp3) is 0.217. The lowest BCUT2D eigenvalue weighted by atomic mass is 10.0. The Bertz CT molecular complexity index is 1170. The maximum atomic E-state index is 11.3. The number of aromatic amines is 1. The highest BCUT2D eigenvalue weighted by Crippen LogP contribution is 2.38. The molecule has 0 spiro atoms. The summed E-state index contributed by atoms with van der Waals surface area (Å²) in [6.45, 7) is 3.96. The molecule has 9 heteroatoms. The first kappa shape index (κ1) is 22.1.